The van der Waals surface area contributed by atoms with Crippen molar-refractivity contribution >= 4 is 22.4 Å². The van der Waals surface area contributed by atoms with Crippen LogP contribution in [0.4, 0.5) is 10.1 Å². The lowest BCUT2D eigenvalue weighted by Gasteiger charge is -2.21. The maximum atomic E-state index is 13.4. The molecule has 1 atom stereocenters. The van der Waals surface area contributed by atoms with E-state index in [0.717, 1.165) is 22.1 Å². The molecule has 0 saturated carbocycles. The number of aryl methyl sites for hydroxylation is 1. The lowest BCUT2D eigenvalue weighted by atomic mass is 9.96. The Morgan fingerprint density at radius 1 is 1.12 bits per heavy atom. The highest BCUT2D eigenvalue weighted by Gasteiger charge is 2.18. The monoisotopic (exact) mass is 431 g/mol. The Hall–Kier alpha value is -4.00. The lowest BCUT2D eigenvalue weighted by Crippen LogP contribution is -2.20. The predicted octanol–water partition coefficient (Wildman–Crippen LogP) is 4.92. The molecule has 4 rings (SSSR count). The minimum absolute atomic E-state index is 0.0687. The van der Waals surface area contributed by atoms with Crippen LogP contribution in [0, 0.1) is 12.7 Å². The summed E-state index contributed by atoms with van der Waals surface area (Å²) in [7, 11) is 1.69. The van der Waals surface area contributed by atoms with Crippen molar-refractivity contribution in [1.82, 2.24) is 9.55 Å². The van der Waals surface area contributed by atoms with Crippen molar-refractivity contribution in [2.45, 2.75) is 19.9 Å². The van der Waals surface area contributed by atoms with Gasteiger partial charge >= 0.3 is 5.97 Å². The molecule has 0 spiro atoms. The van der Waals surface area contributed by atoms with Crippen LogP contribution >= 0.6 is 0 Å². The molecular formula is C25H22FN3O3. The maximum absolute atomic E-state index is 13.4. The topological polar surface area (TPSA) is 84.2 Å². The summed E-state index contributed by atoms with van der Waals surface area (Å²) in [5.74, 6) is -1.42. The van der Waals surface area contributed by atoms with Gasteiger partial charge in [-0.15, -0.1) is 0 Å². The van der Waals surface area contributed by atoms with Crippen molar-refractivity contribution in [3.63, 3.8) is 0 Å². The molecule has 2 N–H and O–H groups in total. The number of carboxylic acid groups (broad SMARTS) is 1. The second kappa shape index (κ2) is 8.26. The summed E-state index contributed by atoms with van der Waals surface area (Å²) in [5, 5.41) is 14.0. The number of nitrogens with one attached hydrogen (secondary N) is 1. The van der Waals surface area contributed by atoms with Crippen molar-refractivity contribution < 1.29 is 14.3 Å². The van der Waals surface area contributed by atoms with Gasteiger partial charge in [0.05, 0.1) is 11.4 Å². The van der Waals surface area contributed by atoms with E-state index in [1.807, 2.05) is 32.0 Å². The van der Waals surface area contributed by atoms with Gasteiger partial charge in [-0.2, -0.15) is 0 Å². The summed E-state index contributed by atoms with van der Waals surface area (Å²) >= 11 is 0. The Balaban J connectivity index is 1.89. The number of hydrogen-bond acceptors (Lipinski definition) is 4. The van der Waals surface area contributed by atoms with Crippen molar-refractivity contribution in [3.05, 3.63) is 93.8 Å². The van der Waals surface area contributed by atoms with Crippen LogP contribution in [-0.4, -0.2) is 20.6 Å². The van der Waals surface area contributed by atoms with E-state index >= 15 is 0 Å². The number of fused-ring (bicyclic) bond motifs is 1. The van der Waals surface area contributed by atoms with Crippen LogP contribution in [0.3, 0.4) is 0 Å². The number of halogens is 1. The highest BCUT2D eigenvalue weighted by molar-refractivity contribution is 5.94. The number of aromatic nitrogens is 2. The Labute approximate surface area is 184 Å². The molecule has 0 aliphatic heterocycles. The predicted molar refractivity (Wildman–Crippen MR) is 123 cm³/mol. The summed E-state index contributed by atoms with van der Waals surface area (Å²) < 4.78 is 15.0. The maximum Gasteiger partial charge on any atom is 0.339 e. The number of nitrogens with zero attached hydrogens (tertiary/aromatic N) is 2. The number of benzene rings is 2. The summed E-state index contributed by atoms with van der Waals surface area (Å²) in [6.07, 6.45) is 2.83. The molecule has 0 bridgehead atoms. The number of pyridine rings is 2. The van der Waals surface area contributed by atoms with Crippen molar-refractivity contribution in [3.8, 4) is 11.3 Å². The molecule has 0 aliphatic carbocycles. The third-order valence-electron chi connectivity index (χ3n) is 5.56. The lowest BCUT2D eigenvalue weighted by molar-refractivity contribution is 0.0697. The zero-order valence-electron chi connectivity index (χ0n) is 17.9. The average molecular weight is 431 g/mol. The Morgan fingerprint density at radius 2 is 1.84 bits per heavy atom. The van der Waals surface area contributed by atoms with Gasteiger partial charge in [-0.05, 0) is 78.4 Å². The second-order valence-corrected chi connectivity index (χ2v) is 7.81. The number of anilines is 1. The zero-order chi connectivity index (χ0) is 23.0. The normalized spacial score (nSPS) is 12.0. The molecule has 2 aromatic heterocycles. The van der Waals surface area contributed by atoms with Crippen LogP contribution in [0.1, 0.15) is 34.5 Å². The fourth-order valence-corrected chi connectivity index (χ4v) is 3.94. The second-order valence-electron chi connectivity index (χ2n) is 7.81. The first-order valence-corrected chi connectivity index (χ1v) is 10.1. The molecule has 7 heteroatoms. The molecule has 0 aliphatic rings. The molecule has 0 amide bonds. The number of carbonyl (C=O) groups is 1. The van der Waals surface area contributed by atoms with E-state index in [4.69, 9.17) is 0 Å². The van der Waals surface area contributed by atoms with Gasteiger partial charge in [0.15, 0.2) is 0 Å². The van der Waals surface area contributed by atoms with E-state index in [2.05, 4.69) is 10.3 Å². The quantitative estimate of drug-likeness (QED) is 0.469. The molecule has 1 unspecified atom stereocenters. The standard InChI is InChI=1S/C25H22FN3O3/c1-14-10-18(15(2)28-22-8-9-27-13-21(22)25(31)32)19-12-23(16-4-6-17(26)7-5-16)29(3)24(30)20(19)11-14/h4-13,15H,1-3H3,(H,27,28)(H,31,32). The molecule has 0 fully saturated rings. The first-order valence-electron chi connectivity index (χ1n) is 10.1. The molecular weight excluding hydrogens is 409 g/mol. The van der Waals surface area contributed by atoms with Gasteiger partial charge in [0.25, 0.3) is 5.56 Å². The van der Waals surface area contributed by atoms with Crippen LogP contribution in [0.5, 0.6) is 0 Å². The van der Waals surface area contributed by atoms with Gasteiger partial charge in [0.2, 0.25) is 0 Å². The van der Waals surface area contributed by atoms with Crippen molar-refractivity contribution in [2.24, 2.45) is 7.05 Å². The molecule has 0 saturated heterocycles. The summed E-state index contributed by atoms with van der Waals surface area (Å²) in [6.45, 7) is 3.83. The molecule has 2 heterocycles. The molecule has 4 aromatic rings. The highest BCUT2D eigenvalue weighted by atomic mass is 19.1. The van der Waals surface area contributed by atoms with E-state index < -0.39 is 5.97 Å². The van der Waals surface area contributed by atoms with Gasteiger partial charge in [-0.3, -0.25) is 9.78 Å². The van der Waals surface area contributed by atoms with E-state index in [-0.39, 0.29) is 23.0 Å². The van der Waals surface area contributed by atoms with E-state index in [1.54, 1.807) is 29.8 Å². The third kappa shape index (κ3) is 3.85. The first-order chi connectivity index (χ1) is 15.3. The summed E-state index contributed by atoms with van der Waals surface area (Å²) in [4.78, 5) is 28.7. The van der Waals surface area contributed by atoms with E-state index in [9.17, 15) is 19.1 Å². The van der Waals surface area contributed by atoms with Gasteiger partial charge < -0.3 is 15.0 Å². The highest BCUT2D eigenvalue weighted by Crippen LogP contribution is 2.31. The van der Waals surface area contributed by atoms with Crippen molar-refractivity contribution in [2.75, 3.05) is 5.32 Å². The molecule has 6 nitrogen and oxygen atoms in total. The minimum atomic E-state index is -1.07. The zero-order valence-corrected chi connectivity index (χ0v) is 17.9. The van der Waals surface area contributed by atoms with Crippen LogP contribution < -0.4 is 10.9 Å². The third-order valence-corrected chi connectivity index (χ3v) is 5.56. The van der Waals surface area contributed by atoms with E-state index in [0.29, 0.717) is 16.8 Å². The van der Waals surface area contributed by atoms with Gasteiger partial charge in [-0.1, -0.05) is 6.07 Å². The van der Waals surface area contributed by atoms with Gasteiger partial charge in [0.1, 0.15) is 11.4 Å². The fourth-order valence-electron chi connectivity index (χ4n) is 3.94. The summed E-state index contributed by atoms with van der Waals surface area (Å²) in [5.41, 5.74) is 3.51. The number of aromatic carboxylic acids is 1. The molecule has 2 aromatic carbocycles. The van der Waals surface area contributed by atoms with E-state index in [1.165, 1.54) is 24.5 Å². The Kier molecular flexibility index (Phi) is 5.48. The van der Waals surface area contributed by atoms with Crippen LogP contribution in [0.25, 0.3) is 22.0 Å². The SMILES string of the molecule is Cc1cc(C(C)Nc2ccncc2C(=O)O)c2cc(-c3ccc(F)cc3)n(C)c(=O)c2c1. The van der Waals surface area contributed by atoms with Gasteiger partial charge in [-0.25, -0.2) is 9.18 Å². The largest absolute Gasteiger partial charge is 0.478 e. The minimum Gasteiger partial charge on any atom is -0.478 e. The van der Waals surface area contributed by atoms with Crippen molar-refractivity contribution in [1.29, 1.82) is 0 Å². The van der Waals surface area contributed by atoms with Crippen LogP contribution in [-0.2, 0) is 7.05 Å². The first kappa shape index (κ1) is 21.2. The summed E-state index contributed by atoms with van der Waals surface area (Å²) in [6, 6.07) is 13.1. The molecule has 0 radical (unpaired) electrons. The van der Waals surface area contributed by atoms with Gasteiger partial charge in [0, 0.05) is 30.9 Å². The number of hydrogen-bond donors (Lipinski definition) is 2. The Bertz CT molecular complexity index is 1390. The molecule has 32 heavy (non-hydrogen) atoms. The van der Waals surface area contributed by atoms with Crippen LogP contribution in [0.15, 0.2) is 65.7 Å². The number of rotatable bonds is 5. The Morgan fingerprint density at radius 3 is 2.53 bits per heavy atom. The number of carboxylic acids is 1. The molecule has 162 valence electrons. The fraction of sp³-hybridized carbons (Fsp3) is 0.160. The smallest absolute Gasteiger partial charge is 0.339 e. The average Bonchev–Trinajstić information content (AvgIpc) is 2.77. The van der Waals surface area contributed by atoms with Crippen LogP contribution in [0.2, 0.25) is 0 Å².